The minimum Gasteiger partial charge on any atom is -0.469 e. The second-order valence-electron chi connectivity index (χ2n) is 4.45. The topological polar surface area (TPSA) is 55.4 Å². The SMILES string of the molecule is COC(=O)C[C@@H](NC(=O)c1ccc(F)cc1Cl)c1cccs1. The molecule has 0 fully saturated rings. The number of benzene rings is 1. The van der Waals surface area contributed by atoms with E-state index in [0.29, 0.717) is 0 Å². The van der Waals surface area contributed by atoms with E-state index in [1.165, 1.54) is 24.5 Å². The molecule has 1 amide bonds. The maximum Gasteiger partial charge on any atom is 0.307 e. The van der Waals surface area contributed by atoms with Crippen LogP contribution in [0.15, 0.2) is 35.7 Å². The normalized spacial score (nSPS) is 11.8. The first-order valence-corrected chi connectivity index (χ1v) is 7.63. The molecule has 7 heteroatoms. The monoisotopic (exact) mass is 341 g/mol. The van der Waals surface area contributed by atoms with Gasteiger partial charge in [0.2, 0.25) is 0 Å². The van der Waals surface area contributed by atoms with E-state index in [9.17, 15) is 14.0 Å². The zero-order valence-corrected chi connectivity index (χ0v) is 13.2. The van der Waals surface area contributed by atoms with Crippen LogP contribution in [-0.4, -0.2) is 19.0 Å². The Kier molecular flexibility index (Phi) is 5.51. The van der Waals surface area contributed by atoms with E-state index in [-0.39, 0.29) is 17.0 Å². The zero-order chi connectivity index (χ0) is 16.1. The summed E-state index contributed by atoms with van der Waals surface area (Å²) in [5, 5.41) is 4.58. The first-order valence-electron chi connectivity index (χ1n) is 6.37. The summed E-state index contributed by atoms with van der Waals surface area (Å²) < 4.78 is 17.7. The lowest BCUT2D eigenvalue weighted by Gasteiger charge is -2.17. The van der Waals surface area contributed by atoms with Crippen LogP contribution in [0.1, 0.15) is 27.7 Å². The van der Waals surface area contributed by atoms with Crippen molar-refractivity contribution in [1.29, 1.82) is 0 Å². The van der Waals surface area contributed by atoms with Crippen LogP contribution in [-0.2, 0) is 9.53 Å². The smallest absolute Gasteiger partial charge is 0.307 e. The Morgan fingerprint density at radius 1 is 1.41 bits per heavy atom. The van der Waals surface area contributed by atoms with Gasteiger partial charge in [-0.1, -0.05) is 17.7 Å². The Morgan fingerprint density at radius 2 is 2.18 bits per heavy atom. The van der Waals surface area contributed by atoms with E-state index in [4.69, 9.17) is 11.6 Å². The first kappa shape index (κ1) is 16.5. The van der Waals surface area contributed by atoms with Gasteiger partial charge in [0.1, 0.15) is 5.82 Å². The number of carbonyl (C=O) groups excluding carboxylic acids is 2. The van der Waals surface area contributed by atoms with Gasteiger partial charge in [-0.05, 0) is 29.6 Å². The van der Waals surface area contributed by atoms with Crippen molar-refractivity contribution < 1.29 is 18.7 Å². The molecule has 1 N–H and O–H groups in total. The highest BCUT2D eigenvalue weighted by Gasteiger charge is 2.21. The van der Waals surface area contributed by atoms with E-state index < -0.39 is 23.7 Å². The molecular weight excluding hydrogens is 329 g/mol. The number of amides is 1. The van der Waals surface area contributed by atoms with Crippen LogP contribution < -0.4 is 5.32 Å². The highest BCUT2D eigenvalue weighted by Crippen LogP contribution is 2.24. The number of rotatable bonds is 5. The van der Waals surface area contributed by atoms with Gasteiger partial charge in [-0.15, -0.1) is 11.3 Å². The number of esters is 1. The highest BCUT2D eigenvalue weighted by molar-refractivity contribution is 7.10. The molecule has 22 heavy (non-hydrogen) atoms. The van der Waals surface area contributed by atoms with Crippen molar-refractivity contribution in [1.82, 2.24) is 5.32 Å². The summed E-state index contributed by atoms with van der Waals surface area (Å²) in [6.07, 6.45) is 0.00155. The fourth-order valence-corrected chi connectivity index (χ4v) is 2.90. The average molecular weight is 342 g/mol. The molecule has 0 unspecified atom stereocenters. The van der Waals surface area contributed by atoms with Crippen molar-refractivity contribution in [3.63, 3.8) is 0 Å². The third-order valence-electron chi connectivity index (χ3n) is 2.97. The Hall–Kier alpha value is -1.92. The van der Waals surface area contributed by atoms with Crippen LogP contribution in [0.25, 0.3) is 0 Å². The minimum atomic E-state index is -0.527. The summed E-state index contributed by atoms with van der Waals surface area (Å²) in [5.74, 6) is -1.44. The molecule has 2 rings (SSSR count). The lowest BCUT2D eigenvalue weighted by Crippen LogP contribution is -2.30. The van der Waals surface area contributed by atoms with Crippen molar-refractivity contribution in [2.24, 2.45) is 0 Å². The number of hydrogen-bond acceptors (Lipinski definition) is 4. The van der Waals surface area contributed by atoms with Gasteiger partial charge in [0.25, 0.3) is 5.91 Å². The van der Waals surface area contributed by atoms with E-state index in [2.05, 4.69) is 10.1 Å². The summed E-state index contributed by atoms with van der Waals surface area (Å²) >= 11 is 7.29. The number of nitrogens with one attached hydrogen (secondary N) is 1. The van der Waals surface area contributed by atoms with E-state index in [1.807, 2.05) is 17.5 Å². The van der Waals surface area contributed by atoms with Crippen LogP contribution in [0.4, 0.5) is 4.39 Å². The maximum absolute atomic E-state index is 13.0. The lowest BCUT2D eigenvalue weighted by molar-refractivity contribution is -0.141. The Morgan fingerprint density at radius 3 is 2.77 bits per heavy atom. The van der Waals surface area contributed by atoms with Crippen LogP contribution in [0.2, 0.25) is 5.02 Å². The maximum atomic E-state index is 13.0. The van der Waals surface area contributed by atoms with Crippen LogP contribution in [0.3, 0.4) is 0 Å². The van der Waals surface area contributed by atoms with Gasteiger partial charge in [0.15, 0.2) is 0 Å². The average Bonchev–Trinajstić information content (AvgIpc) is 3.00. The van der Waals surface area contributed by atoms with Crippen molar-refractivity contribution in [3.05, 3.63) is 57.0 Å². The molecule has 0 saturated carbocycles. The summed E-state index contributed by atoms with van der Waals surface area (Å²) in [6, 6.07) is 6.63. The van der Waals surface area contributed by atoms with Crippen molar-refractivity contribution >= 4 is 34.8 Å². The number of ether oxygens (including phenoxy) is 1. The lowest BCUT2D eigenvalue weighted by atomic mass is 10.1. The largest absolute Gasteiger partial charge is 0.469 e. The third-order valence-corrected chi connectivity index (χ3v) is 4.26. The second-order valence-corrected chi connectivity index (χ2v) is 5.83. The number of methoxy groups -OCH3 is 1. The predicted molar refractivity (Wildman–Crippen MR) is 82.6 cm³/mol. The summed E-state index contributed by atoms with van der Waals surface area (Å²) in [5.41, 5.74) is 0.148. The zero-order valence-electron chi connectivity index (χ0n) is 11.6. The number of hydrogen-bond donors (Lipinski definition) is 1. The number of halogens is 2. The molecule has 0 aliphatic rings. The molecule has 0 saturated heterocycles. The van der Waals surface area contributed by atoms with Gasteiger partial charge < -0.3 is 10.1 Å². The van der Waals surface area contributed by atoms with Gasteiger partial charge in [-0.3, -0.25) is 9.59 Å². The summed E-state index contributed by atoms with van der Waals surface area (Å²) in [6.45, 7) is 0. The fraction of sp³-hybridized carbons (Fsp3) is 0.200. The Bertz CT molecular complexity index is 675. The molecule has 1 aromatic carbocycles. The van der Waals surface area contributed by atoms with Gasteiger partial charge >= 0.3 is 5.97 Å². The van der Waals surface area contributed by atoms with Gasteiger partial charge in [-0.2, -0.15) is 0 Å². The van der Waals surface area contributed by atoms with Crippen molar-refractivity contribution in [2.75, 3.05) is 7.11 Å². The number of thiophene rings is 1. The molecule has 4 nitrogen and oxygen atoms in total. The molecule has 1 heterocycles. The van der Waals surface area contributed by atoms with Crippen molar-refractivity contribution in [2.45, 2.75) is 12.5 Å². The number of carbonyl (C=O) groups is 2. The Balaban J connectivity index is 2.19. The Labute approximate surface area is 135 Å². The van der Waals surface area contributed by atoms with E-state index in [1.54, 1.807) is 0 Å². The molecule has 0 radical (unpaired) electrons. The molecule has 116 valence electrons. The summed E-state index contributed by atoms with van der Waals surface area (Å²) in [7, 11) is 1.28. The van der Waals surface area contributed by atoms with Crippen molar-refractivity contribution in [3.8, 4) is 0 Å². The summed E-state index contributed by atoms with van der Waals surface area (Å²) in [4.78, 5) is 24.6. The minimum absolute atomic E-state index is 0.00155. The van der Waals surface area contributed by atoms with Gasteiger partial charge in [0.05, 0.1) is 30.2 Å². The van der Waals surface area contributed by atoms with E-state index >= 15 is 0 Å². The molecule has 0 aliphatic heterocycles. The molecular formula is C15H13ClFNO3S. The second kappa shape index (κ2) is 7.38. The molecule has 0 aliphatic carbocycles. The fourth-order valence-electron chi connectivity index (χ4n) is 1.87. The standard InChI is InChI=1S/C15H13ClFNO3S/c1-21-14(19)8-12(13-3-2-6-22-13)18-15(20)10-5-4-9(17)7-11(10)16/h2-7,12H,8H2,1H3,(H,18,20)/t12-/m1/s1. The highest BCUT2D eigenvalue weighted by atomic mass is 35.5. The third kappa shape index (κ3) is 4.05. The quantitative estimate of drug-likeness (QED) is 0.846. The van der Waals surface area contributed by atoms with Crippen LogP contribution in [0.5, 0.6) is 0 Å². The van der Waals surface area contributed by atoms with Gasteiger partial charge in [0, 0.05) is 4.88 Å². The van der Waals surface area contributed by atoms with Crippen LogP contribution >= 0.6 is 22.9 Å². The predicted octanol–water partition coefficient (Wildman–Crippen LogP) is 3.57. The molecule has 1 atom stereocenters. The molecule has 0 spiro atoms. The molecule has 2 aromatic rings. The molecule has 1 aromatic heterocycles. The van der Waals surface area contributed by atoms with Gasteiger partial charge in [-0.25, -0.2) is 4.39 Å². The van der Waals surface area contributed by atoms with E-state index in [0.717, 1.165) is 17.0 Å². The first-order chi connectivity index (χ1) is 10.5. The molecule has 0 bridgehead atoms. The van der Waals surface area contributed by atoms with Crippen LogP contribution in [0, 0.1) is 5.82 Å².